The fourth-order valence-electron chi connectivity index (χ4n) is 8.29. The third kappa shape index (κ3) is 12.2. The normalized spacial score (nSPS) is 10.9. The number of hydrogen-bond donors (Lipinski definition) is 4. The minimum absolute atomic E-state index is 0.310. The van der Waals surface area contributed by atoms with Gasteiger partial charge in [-0.3, -0.25) is 4.79 Å². The van der Waals surface area contributed by atoms with Crippen molar-refractivity contribution in [2.45, 2.75) is 0 Å². The molecule has 0 bridgehead atoms. The van der Waals surface area contributed by atoms with Gasteiger partial charge in [0.25, 0.3) is 0 Å². The SMILES string of the molecule is C#Cc1ccc2c(-c3ccnc(Nc4cc(N)c(N(C)CCN(C)C)cc4OC)n3)cn(C)c2c1.C#Cc1ccc2c(-c3ccnc(Nc4cc(NC(=O)C=C)c(N(C)CCN(C)C)cc4OC)n3)cn(C)c2c1. The Morgan fingerprint density at radius 3 is 1.57 bits per heavy atom. The van der Waals surface area contributed by atoms with Crippen LogP contribution in [0.15, 0.2) is 110 Å². The number of likely N-dealkylation sites (N-methyl/N-ethyl adjacent to an activating group) is 4. The summed E-state index contributed by atoms with van der Waals surface area (Å²) in [6.45, 7) is 6.92. The molecule has 0 aliphatic carbocycles. The smallest absolute Gasteiger partial charge is 0.247 e. The van der Waals surface area contributed by atoms with E-state index in [-0.39, 0.29) is 5.91 Å². The van der Waals surface area contributed by atoms with Gasteiger partial charge in [-0.05, 0) is 82.8 Å². The first kappa shape index (κ1) is 52.8. The van der Waals surface area contributed by atoms with Gasteiger partial charge < -0.3 is 59.9 Å². The monoisotopic (exact) mass is 993 g/mol. The minimum atomic E-state index is -0.310. The highest BCUT2D eigenvalue weighted by Gasteiger charge is 2.19. The first-order chi connectivity index (χ1) is 35.5. The van der Waals surface area contributed by atoms with Crippen molar-refractivity contribution in [3.05, 3.63) is 121 Å². The molecule has 74 heavy (non-hydrogen) atoms. The van der Waals surface area contributed by atoms with Crippen LogP contribution in [0.3, 0.4) is 0 Å². The maximum Gasteiger partial charge on any atom is 0.247 e. The molecule has 0 aliphatic heterocycles. The molecule has 4 aromatic heterocycles. The van der Waals surface area contributed by atoms with Gasteiger partial charge in [0.15, 0.2) is 0 Å². The van der Waals surface area contributed by atoms with Gasteiger partial charge in [-0.1, -0.05) is 30.6 Å². The average Bonchev–Trinajstić information content (AvgIpc) is 3.92. The van der Waals surface area contributed by atoms with Crippen LogP contribution in [0.4, 0.5) is 46.0 Å². The van der Waals surface area contributed by atoms with Crippen molar-refractivity contribution >= 4 is 73.7 Å². The molecule has 0 saturated heterocycles. The van der Waals surface area contributed by atoms with Crippen LogP contribution in [0.5, 0.6) is 11.5 Å². The second kappa shape index (κ2) is 23.5. The van der Waals surface area contributed by atoms with Gasteiger partial charge in [0.2, 0.25) is 17.8 Å². The Balaban J connectivity index is 0.000000217. The molecule has 0 saturated carbocycles. The van der Waals surface area contributed by atoms with Crippen LogP contribution >= 0.6 is 0 Å². The van der Waals surface area contributed by atoms with Crippen LogP contribution in [0.25, 0.3) is 44.3 Å². The number of anilines is 8. The van der Waals surface area contributed by atoms with Gasteiger partial charge in [-0.2, -0.15) is 0 Å². The van der Waals surface area contributed by atoms with Crippen molar-refractivity contribution in [1.82, 2.24) is 38.9 Å². The predicted octanol–water partition coefficient (Wildman–Crippen LogP) is 8.44. The minimum Gasteiger partial charge on any atom is -0.494 e. The fraction of sp³-hybridized carbons (Fsp3) is 0.246. The van der Waals surface area contributed by atoms with E-state index < -0.39 is 0 Å². The lowest BCUT2D eigenvalue weighted by atomic mass is 10.1. The van der Waals surface area contributed by atoms with Gasteiger partial charge in [-0.25, -0.2) is 19.9 Å². The average molecular weight is 993 g/mol. The zero-order valence-corrected chi connectivity index (χ0v) is 43.8. The Morgan fingerprint density at radius 1 is 0.662 bits per heavy atom. The van der Waals surface area contributed by atoms with E-state index in [0.29, 0.717) is 46.1 Å². The van der Waals surface area contributed by atoms with E-state index in [9.17, 15) is 4.79 Å². The van der Waals surface area contributed by atoms with Crippen LogP contribution < -0.4 is 41.0 Å². The summed E-state index contributed by atoms with van der Waals surface area (Å²) in [5, 5.41) is 11.6. The number of benzene rings is 4. The van der Waals surface area contributed by atoms with E-state index in [1.807, 2.05) is 146 Å². The number of carbonyl (C=O) groups excluding carboxylic acids is 1. The summed E-state index contributed by atoms with van der Waals surface area (Å²) in [5.41, 5.74) is 17.9. The Bertz CT molecular complexity index is 3420. The number of aromatic nitrogens is 6. The molecule has 0 atom stereocenters. The number of nitrogen functional groups attached to an aromatic ring is 1. The number of nitrogens with one attached hydrogen (secondary N) is 3. The number of hydrogen-bond acceptors (Lipinski definition) is 14. The quantitative estimate of drug-likeness (QED) is 0.0367. The zero-order chi connectivity index (χ0) is 53.2. The number of aryl methyl sites for hydroxylation is 2. The van der Waals surface area contributed by atoms with Crippen LogP contribution in [0, 0.1) is 24.7 Å². The molecular formula is C57H64N14O3. The molecule has 17 nitrogen and oxygen atoms in total. The Morgan fingerprint density at radius 2 is 1.12 bits per heavy atom. The van der Waals surface area contributed by atoms with Gasteiger partial charge in [-0.15, -0.1) is 12.8 Å². The third-order valence-corrected chi connectivity index (χ3v) is 12.4. The topological polar surface area (TPSA) is 172 Å². The maximum atomic E-state index is 12.3. The van der Waals surface area contributed by atoms with E-state index in [1.54, 1.807) is 26.6 Å². The van der Waals surface area contributed by atoms with Crippen LogP contribution in [-0.2, 0) is 18.9 Å². The van der Waals surface area contributed by atoms with Gasteiger partial charge in [0.1, 0.15) is 11.5 Å². The predicted molar refractivity (Wildman–Crippen MR) is 303 cm³/mol. The Hall–Kier alpha value is -9.03. The van der Waals surface area contributed by atoms with E-state index >= 15 is 0 Å². The van der Waals surface area contributed by atoms with Crippen molar-refractivity contribution in [2.24, 2.45) is 14.1 Å². The number of rotatable bonds is 18. The van der Waals surface area contributed by atoms with Crippen LogP contribution in [-0.4, -0.2) is 127 Å². The molecule has 4 heterocycles. The molecule has 0 radical (unpaired) electrons. The number of fused-ring (bicyclic) bond motifs is 2. The van der Waals surface area contributed by atoms with Crippen LogP contribution in [0.1, 0.15) is 11.1 Å². The maximum absolute atomic E-state index is 12.3. The summed E-state index contributed by atoms with van der Waals surface area (Å²) in [6, 6.07) is 23.1. The molecule has 1 amide bonds. The number of ether oxygens (including phenoxy) is 2. The van der Waals surface area contributed by atoms with Crippen molar-refractivity contribution in [2.75, 3.05) is 114 Å². The van der Waals surface area contributed by atoms with E-state index in [0.717, 1.165) is 93.0 Å². The largest absolute Gasteiger partial charge is 0.494 e. The van der Waals surface area contributed by atoms with Gasteiger partial charge in [0.05, 0.1) is 59.7 Å². The number of carbonyl (C=O) groups is 1. The molecule has 0 aliphatic rings. The number of nitrogens with two attached hydrogens (primary N) is 1. The highest BCUT2D eigenvalue weighted by molar-refractivity contribution is 6.02. The fourth-order valence-corrected chi connectivity index (χ4v) is 8.29. The molecule has 5 N–H and O–H groups in total. The lowest BCUT2D eigenvalue weighted by Crippen LogP contribution is -2.29. The molecule has 8 rings (SSSR count). The first-order valence-electron chi connectivity index (χ1n) is 23.7. The Kier molecular flexibility index (Phi) is 16.7. The second-order valence-corrected chi connectivity index (χ2v) is 18.2. The summed E-state index contributed by atoms with van der Waals surface area (Å²) in [6.07, 6.45) is 19.9. The van der Waals surface area contributed by atoms with Gasteiger partial charge in [0, 0.05) is 135 Å². The van der Waals surface area contributed by atoms with Crippen molar-refractivity contribution in [3.63, 3.8) is 0 Å². The number of amides is 1. The van der Waals surface area contributed by atoms with Crippen LogP contribution in [0.2, 0.25) is 0 Å². The number of terminal acetylenes is 2. The molecule has 0 unspecified atom stereocenters. The third-order valence-electron chi connectivity index (χ3n) is 12.4. The van der Waals surface area contributed by atoms with Crippen molar-refractivity contribution < 1.29 is 14.3 Å². The lowest BCUT2D eigenvalue weighted by Gasteiger charge is -2.26. The number of methoxy groups -OCH3 is 2. The summed E-state index contributed by atoms with van der Waals surface area (Å²) >= 11 is 0. The Labute approximate surface area is 433 Å². The molecule has 0 spiro atoms. The van der Waals surface area contributed by atoms with E-state index in [1.165, 1.54) is 6.08 Å². The summed E-state index contributed by atoms with van der Waals surface area (Å²) < 4.78 is 15.5. The summed E-state index contributed by atoms with van der Waals surface area (Å²) in [5.74, 6) is 7.15. The zero-order valence-electron chi connectivity index (χ0n) is 43.8. The number of nitrogens with zero attached hydrogens (tertiary/aromatic N) is 10. The molecule has 4 aromatic carbocycles. The summed E-state index contributed by atoms with van der Waals surface area (Å²) in [4.78, 5) is 39.1. The standard InChI is InChI=1S/C30H33N7O2.C27H31N7O/c1-8-20-10-11-21-22(19-37(6)26(21)16-20)23-12-13-31-30(33-23)34-25-17-24(32-29(38)9-2)27(18-28(25)39-7)36(5)15-14-35(3)4;1-7-18-8-9-19-20(17-34(5)24(19)14-18)22-10-11-29-27(30-22)31-23-15-21(28)25(16-26(23)35-6)33(4)13-12-32(2)3/h1,9-13,16-19H,2,14-15H2,3-7H3,(H,32,38)(H,31,33,34);1,8-11,14-17H,12-13,28H2,2-6H3,(H,29,30,31). The van der Waals surface area contributed by atoms with Crippen molar-refractivity contribution in [1.29, 1.82) is 0 Å². The van der Waals surface area contributed by atoms with E-state index in [2.05, 4.69) is 68.5 Å². The summed E-state index contributed by atoms with van der Waals surface area (Å²) in [7, 11) is 19.3. The highest BCUT2D eigenvalue weighted by Crippen LogP contribution is 2.40. The van der Waals surface area contributed by atoms with E-state index in [4.69, 9.17) is 38.0 Å². The molecule has 8 aromatic rings. The molecular weight excluding hydrogens is 929 g/mol. The highest BCUT2D eigenvalue weighted by atomic mass is 16.5. The molecule has 17 heteroatoms. The molecule has 380 valence electrons. The van der Waals surface area contributed by atoms with Crippen molar-refractivity contribution in [3.8, 4) is 58.7 Å². The second-order valence-electron chi connectivity index (χ2n) is 18.2. The van der Waals surface area contributed by atoms with Gasteiger partial charge >= 0.3 is 0 Å². The first-order valence-corrected chi connectivity index (χ1v) is 23.7. The lowest BCUT2D eigenvalue weighted by molar-refractivity contribution is -0.111. The molecule has 0 fully saturated rings.